The summed E-state index contributed by atoms with van der Waals surface area (Å²) < 4.78 is 8.19. The highest BCUT2D eigenvalue weighted by molar-refractivity contribution is 9.10. The molecule has 0 saturated heterocycles. The summed E-state index contributed by atoms with van der Waals surface area (Å²) in [4.78, 5) is 6.88. The summed E-state index contributed by atoms with van der Waals surface area (Å²) in [5.41, 5.74) is 11.5. The van der Waals surface area contributed by atoms with Crippen molar-refractivity contribution in [2.24, 2.45) is 0 Å². The molecule has 11 aromatic rings. The number of para-hydroxylation sites is 4. The van der Waals surface area contributed by atoms with Crippen LogP contribution in [0.3, 0.4) is 0 Å². The van der Waals surface area contributed by atoms with E-state index in [0.29, 0.717) is 0 Å². The van der Waals surface area contributed by atoms with Gasteiger partial charge in [0.2, 0.25) is 0 Å². The lowest BCUT2D eigenvalue weighted by Gasteiger charge is -2.35. The first-order chi connectivity index (χ1) is 32.2. The average molecular weight is 899 g/mol. The van der Waals surface area contributed by atoms with Crippen molar-refractivity contribution >= 4 is 99.4 Å². The van der Waals surface area contributed by atoms with Crippen LogP contribution in [0.4, 0.5) is 51.2 Å². The van der Waals surface area contributed by atoms with E-state index in [0.717, 1.165) is 72.7 Å². The minimum absolute atomic E-state index is 0.762. The maximum atomic E-state index is 7.08. The van der Waals surface area contributed by atoms with Crippen LogP contribution >= 0.6 is 15.9 Å². The van der Waals surface area contributed by atoms with E-state index >= 15 is 0 Å². The summed E-state index contributed by atoms with van der Waals surface area (Å²) in [6.45, 7) is 0. The van der Waals surface area contributed by atoms with Gasteiger partial charge in [-0.3, -0.25) is 0 Å². The summed E-state index contributed by atoms with van der Waals surface area (Å²) in [5.74, 6) is 1.52. The number of hydrogen-bond donors (Lipinski definition) is 0. The van der Waals surface area contributed by atoms with E-state index in [1.165, 1.54) is 37.9 Å². The zero-order valence-corrected chi connectivity index (χ0v) is 36.8. The Balaban J connectivity index is 1.02. The first kappa shape index (κ1) is 38.5. The van der Waals surface area contributed by atoms with Crippen molar-refractivity contribution < 1.29 is 4.74 Å². The fraction of sp³-hybridized carbons (Fsp3) is 0. The van der Waals surface area contributed by atoms with Crippen molar-refractivity contribution in [1.82, 2.24) is 0 Å². The van der Waals surface area contributed by atoms with Gasteiger partial charge < -0.3 is 19.4 Å². The fourth-order valence-electron chi connectivity index (χ4n) is 9.48. The second kappa shape index (κ2) is 16.2. The minimum atomic E-state index is 0.762. The van der Waals surface area contributed by atoms with Crippen molar-refractivity contribution in [3.8, 4) is 22.6 Å². The second-order valence-corrected chi connectivity index (χ2v) is 17.1. The van der Waals surface area contributed by atoms with Gasteiger partial charge in [-0.25, -0.2) is 0 Å². The number of anilines is 9. The van der Waals surface area contributed by atoms with Crippen LogP contribution in [0.15, 0.2) is 247 Å². The molecule has 1 aliphatic heterocycles. The standard InChI is InChI=1S/C60H40BrN3O/c61-56-40-55-50-26-14-13-25-49(50)53(39-54(55)51-27-15-16-28-52(51)56)41-29-31-46(32-30-41)64-57-35-33-47(62(42-17-5-1-6-18-42)43-19-7-2-8-20-43)37-59(57)65-60-38-48(34-36-58(60)64)63(44-21-9-3-10-22-44)45-23-11-4-12-24-45/h1-40H. The van der Waals surface area contributed by atoms with Crippen molar-refractivity contribution in [3.63, 3.8) is 0 Å². The lowest BCUT2D eigenvalue weighted by Crippen LogP contribution is -2.18. The van der Waals surface area contributed by atoms with Crippen LogP contribution < -0.4 is 19.4 Å². The van der Waals surface area contributed by atoms with Crippen LogP contribution in [0.1, 0.15) is 0 Å². The maximum absolute atomic E-state index is 7.08. The van der Waals surface area contributed by atoms with Crippen molar-refractivity contribution in [3.05, 3.63) is 247 Å². The Morgan fingerprint density at radius 1 is 0.323 bits per heavy atom. The molecule has 65 heavy (non-hydrogen) atoms. The third-order valence-corrected chi connectivity index (χ3v) is 13.1. The summed E-state index contributed by atoms with van der Waals surface area (Å²) in [6.07, 6.45) is 0. The zero-order chi connectivity index (χ0) is 43.3. The molecular weight excluding hydrogens is 859 g/mol. The molecule has 0 amide bonds. The predicted molar refractivity (Wildman–Crippen MR) is 276 cm³/mol. The number of nitrogens with zero attached hydrogens (tertiary/aromatic N) is 3. The van der Waals surface area contributed by atoms with Gasteiger partial charge in [-0.05, 0) is 141 Å². The van der Waals surface area contributed by atoms with Crippen molar-refractivity contribution in [1.29, 1.82) is 0 Å². The third-order valence-electron chi connectivity index (χ3n) is 12.4. The molecule has 12 rings (SSSR count). The van der Waals surface area contributed by atoms with Gasteiger partial charge in [-0.2, -0.15) is 0 Å². The molecule has 0 saturated carbocycles. The molecule has 4 nitrogen and oxygen atoms in total. The van der Waals surface area contributed by atoms with Crippen LogP contribution in [0.2, 0.25) is 0 Å². The summed E-state index contributed by atoms with van der Waals surface area (Å²) in [6, 6.07) is 86.2. The smallest absolute Gasteiger partial charge is 0.153 e. The van der Waals surface area contributed by atoms with Crippen LogP contribution in [0, 0.1) is 0 Å². The highest BCUT2D eigenvalue weighted by atomic mass is 79.9. The average Bonchev–Trinajstić information content (AvgIpc) is 3.37. The molecule has 5 heteroatoms. The number of hydrogen-bond acceptors (Lipinski definition) is 4. The molecule has 1 heterocycles. The Bertz CT molecular complexity index is 3320. The highest BCUT2D eigenvalue weighted by Crippen LogP contribution is 2.54. The van der Waals surface area contributed by atoms with E-state index in [1.807, 2.05) is 0 Å². The van der Waals surface area contributed by atoms with Gasteiger partial charge in [-0.1, -0.05) is 149 Å². The van der Waals surface area contributed by atoms with Gasteiger partial charge in [0, 0.05) is 56.4 Å². The Kier molecular flexibility index (Phi) is 9.62. The molecule has 0 bridgehead atoms. The summed E-state index contributed by atoms with van der Waals surface area (Å²) in [5, 5.41) is 7.38. The number of halogens is 1. The lowest BCUT2D eigenvalue weighted by atomic mass is 9.91. The summed E-state index contributed by atoms with van der Waals surface area (Å²) >= 11 is 3.88. The zero-order valence-electron chi connectivity index (χ0n) is 35.2. The van der Waals surface area contributed by atoms with Gasteiger partial charge in [0.25, 0.3) is 0 Å². The topological polar surface area (TPSA) is 19.0 Å². The molecule has 1 aliphatic rings. The van der Waals surface area contributed by atoms with Crippen molar-refractivity contribution in [2.75, 3.05) is 14.7 Å². The quantitative estimate of drug-likeness (QED) is 0.141. The van der Waals surface area contributed by atoms with Gasteiger partial charge in [0.1, 0.15) is 0 Å². The Labute approximate surface area is 386 Å². The first-order valence-electron chi connectivity index (χ1n) is 21.9. The summed E-state index contributed by atoms with van der Waals surface area (Å²) in [7, 11) is 0. The van der Waals surface area contributed by atoms with E-state index in [4.69, 9.17) is 4.74 Å². The monoisotopic (exact) mass is 897 g/mol. The molecule has 0 radical (unpaired) electrons. The van der Waals surface area contributed by atoms with Gasteiger partial charge in [-0.15, -0.1) is 0 Å². The molecule has 0 aliphatic carbocycles. The Hall–Kier alpha value is -8.12. The van der Waals surface area contributed by atoms with Crippen molar-refractivity contribution in [2.45, 2.75) is 0 Å². The maximum Gasteiger partial charge on any atom is 0.153 e. The number of fused-ring (bicyclic) bond motifs is 7. The molecule has 0 N–H and O–H groups in total. The molecule has 0 atom stereocenters. The molecule has 0 aromatic heterocycles. The molecule has 0 fully saturated rings. The van der Waals surface area contributed by atoms with E-state index < -0.39 is 0 Å². The number of rotatable bonds is 8. The van der Waals surface area contributed by atoms with E-state index in [1.54, 1.807) is 0 Å². The van der Waals surface area contributed by atoms with Crippen LogP contribution in [0.25, 0.3) is 43.4 Å². The molecule has 308 valence electrons. The molecular formula is C60H40BrN3O. The van der Waals surface area contributed by atoms with E-state index in [2.05, 4.69) is 273 Å². The van der Waals surface area contributed by atoms with E-state index in [-0.39, 0.29) is 0 Å². The van der Waals surface area contributed by atoms with E-state index in [9.17, 15) is 0 Å². The number of benzene rings is 11. The predicted octanol–water partition coefficient (Wildman–Crippen LogP) is 18.1. The van der Waals surface area contributed by atoms with Crippen LogP contribution in [-0.2, 0) is 0 Å². The first-order valence-corrected chi connectivity index (χ1v) is 22.7. The SMILES string of the molecule is Brc1cc2c3ccccc3c(-c3ccc(N4c5ccc(N(c6ccccc6)c6ccccc6)cc5Oc5cc(N(c6ccccc6)c6ccccc6)ccc54)cc3)cc2c2ccccc12. The fourth-order valence-corrected chi connectivity index (χ4v) is 10.1. The van der Waals surface area contributed by atoms with Crippen LogP contribution in [-0.4, -0.2) is 0 Å². The Morgan fingerprint density at radius 3 is 1.20 bits per heavy atom. The minimum Gasteiger partial charge on any atom is -0.453 e. The van der Waals surface area contributed by atoms with Gasteiger partial charge >= 0.3 is 0 Å². The van der Waals surface area contributed by atoms with Gasteiger partial charge in [0.15, 0.2) is 11.5 Å². The third kappa shape index (κ3) is 6.85. The molecule has 0 spiro atoms. The molecule has 11 aromatic carbocycles. The van der Waals surface area contributed by atoms with Gasteiger partial charge in [0.05, 0.1) is 11.4 Å². The largest absolute Gasteiger partial charge is 0.453 e. The lowest BCUT2D eigenvalue weighted by molar-refractivity contribution is 0.477. The number of ether oxygens (including phenoxy) is 1. The second-order valence-electron chi connectivity index (χ2n) is 16.3. The van der Waals surface area contributed by atoms with Crippen LogP contribution in [0.5, 0.6) is 11.5 Å². The molecule has 0 unspecified atom stereocenters. The Morgan fingerprint density at radius 2 is 0.723 bits per heavy atom. The highest BCUT2D eigenvalue weighted by Gasteiger charge is 2.29. The normalized spacial score (nSPS) is 11.9.